The summed E-state index contributed by atoms with van der Waals surface area (Å²) >= 11 is 9.75. The third-order valence-electron chi connectivity index (χ3n) is 6.49. The molecule has 1 aromatic carbocycles. The number of aromatic nitrogens is 5. The van der Waals surface area contributed by atoms with Gasteiger partial charge in [-0.25, -0.2) is 9.97 Å². The van der Waals surface area contributed by atoms with E-state index < -0.39 is 31.1 Å². The number of nitrogens with zero attached hydrogens (tertiary/aromatic N) is 5. The van der Waals surface area contributed by atoms with E-state index in [-0.39, 0.29) is 11.3 Å². The molecule has 0 unspecified atom stereocenters. The van der Waals surface area contributed by atoms with Crippen molar-refractivity contribution in [1.29, 1.82) is 0 Å². The summed E-state index contributed by atoms with van der Waals surface area (Å²) < 4.78 is 9.39. The van der Waals surface area contributed by atoms with Crippen molar-refractivity contribution in [1.82, 2.24) is 24.5 Å². The summed E-state index contributed by atoms with van der Waals surface area (Å²) in [6, 6.07) is 8.28. The van der Waals surface area contributed by atoms with Crippen LogP contribution in [0, 0.1) is 0 Å². The van der Waals surface area contributed by atoms with Gasteiger partial charge in [0.15, 0.2) is 27.5 Å². The van der Waals surface area contributed by atoms with Crippen LogP contribution in [0.4, 0.5) is 5.82 Å². The summed E-state index contributed by atoms with van der Waals surface area (Å²) in [5.74, 6) is 0.507. The molecule has 1 saturated heterocycles. The predicted octanol–water partition coefficient (Wildman–Crippen LogP) is 2.83. The summed E-state index contributed by atoms with van der Waals surface area (Å²) in [6.45, 7) is -0.417. The number of thioether (sulfide) groups is 1. The molecule has 6 rings (SSSR count). The number of ether oxygens (including phenoxy) is 1. The number of aliphatic hydroxyl groups excluding tert-OH is 3. The number of halogens is 1. The van der Waals surface area contributed by atoms with Gasteiger partial charge in [0, 0.05) is 11.3 Å². The van der Waals surface area contributed by atoms with Crippen LogP contribution in [0.2, 0.25) is 5.28 Å². The highest BCUT2D eigenvalue weighted by Gasteiger charge is 2.44. The summed E-state index contributed by atoms with van der Waals surface area (Å²) in [5, 5.41) is 33.9. The molecule has 4 N–H and O–H groups in total. The summed E-state index contributed by atoms with van der Waals surface area (Å²) in [5.41, 5.74) is 1.88. The first-order valence-electron chi connectivity index (χ1n) is 11.3. The number of imidazole rings is 1. The number of benzene rings is 1. The van der Waals surface area contributed by atoms with Crippen molar-refractivity contribution in [2.45, 2.75) is 59.4 Å². The van der Waals surface area contributed by atoms with Crippen molar-refractivity contribution in [2.75, 3.05) is 11.9 Å². The zero-order chi connectivity index (χ0) is 24.1. The minimum absolute atomic E-state index is 0.0295. The maximum absolute atomic E-state index is 10.5. The van der Waals surface area contributed by atoms with E-state index in [2.05, 4.69) is 26.3 Å². The molecule has 13 heteroatoms. The van der Waals surface area contributed by atoms with Crippen molar-refractivity contribution in [2.24, 2.45) is 0 Å². The molecule has 6 atom stereocenters. The van der Waals surface area contributed by atoms with Gasteiger partial charge in [-0.05, 0) is 36.6 Å². The van der Waals surface area contributed by atoms with Gasteiger partial charge < -0.3 is 25.4 Å². The molecule has 10 nitrogen and oxygen atoms in total. The molecule has 0 radical (unpaired) electrons. The number of fused-ring (bicyclic) bond motifs is 2. The lowest BCUT2D eigenvalue weighted by atomic mass is 10.1. The van der Waals surface area contributed by atoms with E-state index in [1.165, 1.54) is 15.6 Å². The molecule has 3 aromatic heterocycles. The van der Waals surface area contributed by atoms with Gasteiger partial charge in [-0.15, -0.1) is 11.3 Å². The zero-order valence-electron chi connectivity index (χ0n) is 18.4. The SMILES string of the molecule is OC[C@H]1O[C@@H](n2cnc3c(N[C@@H]4CCC[C@H]4Sc4nc5ccccc5s4)nc(Cl)nc32)[C@H](O)[C@@H]1O. The van der Waals surface area contributed by atoms with Crippen LogP contribution in [0.1, 0.15) is 25.5 Å². The maximum atomic E-state index is 10.5. The van der Waals surface area contributed by atoms with Gasteiger partial charge in [0.1, 0.15) is 18.3 Å². The van der Waals surface area contributed by atoms with Crippen LogP contribution in [0.3, 0.4) is 0 Å². The van der Waals surface area contributed by atoms with E-state index in [1.54, 1.807) is 23.1 Å². The first-order valence-corrected chi connectivity index (χ1v) is 13.4. The Balaban J connectivity index is 1.26. The minimum atomic E-state index is -1.25. The lowest BCUT2D eigenvalue weighted by Gasteiger charge is -2.21. The van der Waals surface area contributed by atoms with Crippen molar-refractivity contribution in [3.8, 4) is 0 Å². The molecule has 2 aliphatic rings. The molecule has 4 aromatic rings. The number of aliphatic hydroxyl groups is 3. The largest absolute Gasteiger partial charge is 0.394 e. The molecule has 184 valence electrons. The Labute approximate surface area is 213 Å². The van der Waals surface area contributed by atoms with Gasteiger partial charge in [0.05, 0.1) is 23.2 Å². The number of rotatable bonds is 6. The van der Waals surface area contributed by atoms with Crippen molar-refractivity contribution >= 4 is 61.9 Å². The van der Waals surface area contributed by atoms with Gasteiger partial charge in [0.25, 0.3) is 0 Å². The van der Waals surface area contributed by atoms with Gasteiger partial charge in [-0.2, -0.15) is 9.97 Å². The van der Waals surface area contributed by atoms with Gasteiger partial charge in [-0.1, -0.05) is 30.3 Å². The molecular formula is C22H23ClN6O4S2. The quantitative estimate of drug-likeness (QED) is 0.273. The minimum Gasteiger partial charge on any atom is -0.394 e. The van der Waals surface area contributed by atoms with E-state index in [9.17, 15) is 15.3 Å². The van der Waals surface area contributed by atoms with Crippen molar-refractivity contribution in [3.05, 3.63) is 35.9 Å². The van der Waals surface area contributed by atoms with Crippen LogP contribution in [-0.2, 0) is 4.74 Å². The average molecular weight is 535 g/mol. The van der Waals surface area contributed by atoms with E-state index >= 15 is 0 Å². The van der Waals surface area contributed by atoms with Gasteiger partial charge in [0.2, 0.25) is 5.28 Å². The van der Waals surface area contributed by atoms with Gasteiger partial charge in [-0.3, -0.25) is 4.57 Å². The fourth-order valence-corrected chi connectivity index (χ4v) is 7.48. The standard InChI is InChI=1S/C22H23ClN6O4S2/c23-21-27-18(15-19(28-21)29(9-24-15)20-17(32)16(31)12(8-30)33-20)25-10-5-3-7-14(10)35-22-26-11-4-1-2-6-13(11)34-22/h1-2,4,6,9-10,12,14,16-17,20,30-32H,3,5,7-8H2,(H,25,27,28)/t10-,12-,14-,16-,17-,20-/m1/s1. The molecule has 1 saturated carbocycles. The Kier molecular flexibility index (Phi) is 6.29. The van der Waals surface area contributed by atoms with E-state index in [0.29, 0.717) is 22.2 Å². The third-order valence-corrected chi connectivity index (χ3v) is 9.19. The van der Waals surface area contributed by atoms with Crippen LogP contribution >= 0.6 is 34.7 Å². The number of thiazole rings is 1. The predicted molar refractivity (Wildman–Crippen MR) is 134 cm³/mol. The van der Waals surface area contributed by atoms with E-state index in [1.807, 2.05) is 18.2 Å². The molecule has 1 aliphatic carbocycles. The van der Waals surface area contributed by atoms with Crippen LogP contribution in [0.15, 0.2) is 34.9 Å². The van der Waals surface area contributed by atoms with Crippen LogP contribution < -0.4 is 5.32 Å². The van der Waals surface area contributed by atoms with Gasteiger partial charge >= 0.3 is 0 Å². The molecule has 35 heavy (non-hydrogen) atoms. The Morgan fingerprint density at radius 1 is 1.17 bits per heavy atom. The topological polar surface area (TPSA) is 138 Å². The lowest BCUT2D eigenvalue weighted by molar-refractivity contribution is -0.0511. The number of anilines is 1. The molecule has 0 amide bonds. The Morgan fingerprint density at radius 2 is 2.03 bits per heavy atom. The number of hydrogen-bond donors (Lipinski definition) is 4. The van der Waals surface area contributed by atoms with Crippen LogP contribution in [0.25, 0.3) is 21.4 Å². The summed E-state index contributed by atoms with van der Waals surface area (Å²) in [4.78, 5) is 17.9. The highest BCUT2D eigenvalue weighted by Crippen LogP contribution is 2.40. The second-order valence-electron chi connectivity index (χ2n) is 8.68. The van der Waals surface area contributed by atoms with Crippen molar-refractivity contribution in [3.63, 3.8) is 0 Å². The maximum Gasteiger partial charge on any atom is 0.226 e. The Hall–Kier alpha value is -2.06. The zero-order valence-corrected chi connectivity index (χ0v) is 20.7. The fraction of sp³-hybridized carbons (Fsp3) is 0.455. The molecule has 2 fully saturated rings. The second kappa shape index (κ2) is 9.43. The number of para-hydroxylation sites is 1. The highest BCUT2D eigenvalue weighted by atomic mass is 35.5. The first-order chi connectivity index (χ1) is 17.0. The van der Waals surface area contributed by atoms with E-state index in [0.717, 1.165) is 29.1 Å². The van der Waals surface area contributed by atoms with Crippen LogP contribution in [-0.4, -0.2) is 76.0 Å². The fourth-order valence-electron chi connectivity index (χ4n) is 4.73. The van der Waals surface area contributed by atoms with E-state index in [4.69, 9.17) is 21.3 Å². The molecular weight excluding hydrogens is 512 g/mol. The smallest absolute Gasteiger partial charge is 0.226 e. The summed E-state index contributed by atoms with van der Waals surface area (Å²) in [7, 11) is 0. The Morgan fingerprint density at radius 3 is 2.83 bits per heavy atom. The average Bonchev–Trinajstić information content (AvgIpc) is 3.62. The lowest BCUT2D eigenvalue weighted by Crippen LogP contribution is -2.33. The molecule has 1 aliphatic heterocycles. The monoisotopic (exact) mass is 534 g/mol. The highest BCUT2D eigenvalue weighted by molar-refractivity contribution is 8.01. The Bertz CT molecular complexity index is 1340. The second-order valence-corrected chi connectivity index (χ2v) is 11.5. The third kappa shape index (κ3) is 4.26. The molecule has 0 bridgehead atoms. The summed E-state index contributed by atoms with van der Waals surface area (Å²) in [6.07, 6.45) is 0.247. The first kappa shape index (κ1) is 23.3. The van der Waals surface area contributed by atoms with Crippen molar-refractivity contribution < 1.29 is 20.1 Å². The molecule has 0 spiro atoms. The van der Waals surface area contributed by atoms with Crippen LogP contribution in [0.5, 0.6) is 0 Å². The number of hydrogen-bond acceptors (Lipinski definition) is 11. The number of nitrogens with one attached hydrogen (secondary N) is 1. The molecule has 4 heterocycles. The normalized spacial score (nSPS) is 28.9.